The Labute approximate surface area is 514 Å². The highest BCUT2D eigenvalue weighted by molar-refractivity contribution is 7.27. The van der Waals surface area contributed by atoms with Gasteiger partial charge in [-0.2, -0.15) is 0 Å². The van der Waals surface area contributed by atoms with E-state index in [0.717, 1.165) is 76.4 Å². The molecule has 3 aromatic heterocycles. The number of aromatic nitrogens is 2. The monoisotopic (exact) mass is 1150 g/mol. The van der Waals surface area contributed by atoms with Gasteiger partial charge >= 0.3 is 0 Å². The fourth-order valence-corrected chi connectivity index (χ4v) is 13.6. The molecule has 0 unspecified atom stereocenters. The van der Waals surface area contributed by atoms with E-state index in [9.17, 15) is 0 Å². The molecule has 0 aliphatic carbocycles. The van der Waals surface area contributed by atoms with Gasteiger partial charge in [0.1, 0.15) is 24.0 Å². The summed E-state index contributed by atoms with van der Waals surface area (Å²) in [6, 6.07) is 58.7. The normalized spacial score (nSPS) is 13.6. The number of fused-ring (bicyclic) bond motifs is 8. The van der Waals surface area contributed by atoms with E-state index in [4.69, 9.17) is 16.3 Å². The third-order valence-electron chi connectivity index (χ3n) is 17.6. The van der Waals surface area contributed by atoms with Crippen LogP contribution >= 0.6 is 11.3 Å². The Morgan fingerprint density at radius 3 is 1.51 bits per heavy atom. The number of hydrogen-bond donors (Lipinski definition) is 0. The Balaban J connectivity index is 1.02. The van der Waals surface area contributed by atoms with Crippen LogP contribution in [0.25, 0.3) is 74.9 Å². The van der Waals surface area contributed by atoms with Gasteiger partial charge in [0.2, 0.25) is 5.69 Å². The molecule has 0 saturated carbocycles. The van der Waals surface area contributed by atoms with Gasteiger partial charge in [0.05, 0.1) is 34.7 Å². The van der Waals surface area contributed by atoms with Crippen LogP contribution in [0.2, 0.25) is 0 Å². The average Bonchev–Trinajstić information content (AvgIpc) is 1.55. The maximum atomic E-state index is 8.02. The van der Waals surface area contributed by atoms with Crippen LogP contribution in [0.4, 0.5) is 28.4 Å². The standard InChI is InChI=1S/C79H83N5OS/c1-74(2,3)50-34-35-81-69(44-50)84-67-33-32-60-59-26-23-27-64(80-19)72(59)86-73(60)70(67)61-31-30-58(46-68(61)84)85-57-25-22-24-56(45-57)82-47-83(66-29-21-20-28-65(66)82)71-62(48-36-51(75(4,5)6)40-52(37-48)76(7,8)9)42-55(79(16,17)18)43-63(71)49-38-53(77(10,11)12)41-54(39-49)78(13,14)15/h20-46H,47H2,1-18H3. The van der Waals surface area contributed by atoms with Crippen molar-refractivity contribution in [3.8, 4) is 39.6 Å². The van der Waals surface area contributed by atoms with Crippen molar-refractivity contribution in [2.75, 3.05) is 16.5 Å². The van der Waals surface area contributed by atoms with Gasteiger partial charge in [-0.1, -0.05) is 203 Å². The molecule has 8 aromatic carbocycles. The van der Waals surface area contributed by atoms with Gasteiger partial charge in [0.25, 0.3) is 0 Å². The van der Waals surface area contributed by atoms with E-state index >= 15 is 0 Å². The fourth-order valence-electron chi connectivity index (χ4n) is 12.3. The Kier molecular flexibility index (Phi) is 13.9. The number of para-hydroxylation sites is 2. The summed E-state index contributed by atoms with van der Waals surface area (Å²) >= 11 is 1.71. The number of anilines is 4. The van der Waals surface area contributed by atoms with Crippen LogP contribution in [0.15, 0.2) is 164 Å². The van der Waals surface area contributed by atoms with Crippen LogP contribution < -0.4 is 14.5 Å². The molecule has 12 rings (SSSR count). The summed E-state index contributed by atoms with van der Waals surface area (Å²) in [6.07, 6.45) is 1.93. The number of ether oxygens (including phenoxy) is 1. The number of rotatable bonds is 7. The third-order valence-corrected chi connectivity index (χ3v) is 18.9. The predicted octanol–water partition coefficient (Wildman–Crippen LogP) is 23.3. The molecule has 0 fully saturated rings. The molecule has 7 heteroatoms. The molecular formula is C79H83N5OS. The highest BCUT2D eigenvalue weighted by Gasteiger charge is 2.35. The summed E-state index contributed by atoms with van der Waals surface area (Å²) < 4.78 is 11.5. The Morgan fingerprint density at radius 1 is 0.442 bits per heavy atom. The molecule has 11 aromatic rings. The first-order valence-corrected chi connectivity index (χ1v) is 31.4. The molecule has 86 heavy (non-hydrogen) atoms. The highest BCUT2D eigenvalue weighted by Crippen LogP contribution is 2.54. The lowest BCUT2D eigenvalue weighted by atomic mass is 9.76. The molecule has 0 bridgehead atoms. The zero-order valence-electron chi connectivity index (χ0n) is 53.8. The van der Waals surface area contributed by atoms with Gasteiger partial charge in [0, 0.05) is 55.3 Å². The quantitative estimate of drug-likeness (QED) is 0.149. The summed E-state index contributed by atoms with van der Waals surface area (Å²) in [4.78, 5) is 14.0. The van der Waals surface area contributed by atoms with Crippen molar-refractivity contribution in [3.05, 3.63) is 209 Å². The lowest BCUT2D eigenvalue weighted by Crippen LogP contribution is -2.25. The molecule has 0 radical (unpaired) electrons. The first-order valence-electron chi connectivity index (χ1n) is 30.6. The number of benzene rings is 8. The molecule has 0 N–H and O–H groups in total. The smallest absolute Gasteiger partial charge is 0.204 e. The van der Waals surface area contributed by atoms with Gasteiger partial charge in [-0.05, 0) is 155 Å². The zero-order valence-corrected chi connectivity index (χ0v) is 54.7. The maximum absolute atomic E-state index is 8.02. The van der Waals surface area contributed by atoms with Crippen molar-refractivity contribution in [1.82, 2.24) is 9.55 Å². The molecule has 6 nitrogen and oxygen atoms in total. The minimum Gasteiger partial charge on any atom is -0.457 e. The zero-order chi connectivity index (χ0) is 61.4. The summed E-state index contributed by atoms with van der Waals surface area (Å²) in [5.74, 6) is 2.32. The van der Waals surface area contributed by atoms with Crippen molar-refractivity contribution in [1.29, 1.82) is 0 Å². The van der Waals surface area contributed by atoms with Gasteiger partial charge in [-0.25, -0.2) is 9.83 Å². The Hall–Kier alpha value is -8.18. The largest absolute Gasteiger partial charge is 0.457 e. The summed E-state index contributed by atoms with van der Waals surface area (Å²) in [6.45, 7) is 50.5. The lowest BCUT2D eigenvalue weighted by Gasteiger charge is -2.32. The second kappa shape index (κ2) is 20.5. The van der Waals surface area contributed by atoms with E-state index in [1.165, 1.54) is 61.3 Å². The van der Waals surface area contributed by atoms with E-state index in [-0.39, 0.29) is 32.5 Å². The van der Waals surface area contributed by atoms with Crippen molar-refractivity contribution < 1.29 is 4.74 Å². The van der Waals surface area contributed by atoms with Crippen LogP contribution in [-0.2, 0) is 32.5 Å². The maximum Gasteiger partial charge on any atom is 0.204 e. The minimum absolute atomic E-state index is 0.0793. The molecule has 1 aliphatic rings. The number of nitrogens with zero attached hydrogens (tertiary/aromatic N) is 5. The van der Waals surface area contributed by atoms with Crippen LogP contribution in [0.5, 0.6) is 11.5 Å². The van der Waals surface area contributed by atoms with Crippen LogP contribution in [0, 0.1) is 6.57 Å². The van der Waals surface area contributed by atoms with Crippen LogP contribution in [0.3, 0.4) is 0 Å². The van der Waals surface area contributed by atoms with Crippen molar-refractivity contribution in [2.45, 2.75) is 157 Å². The first-order chi connectivity index (χ1) is 40.3. The van der Waals surface area contributed by atoms with Gasteiger partial charge in [-0.3, -0.25) is 4.57 Å². The molecule has 0 atom stereocenters. The van der Waals surface area contributed by atoms with Gasteiger partial charge in [-0.15, -0.1) is 11.3 Å². The highest BCUT2D eigenvalue weighted by atomic mass is 32.1. The van der Waals surface area contributed by atoms with Crippen molar-refractivity contribution >= 4 is 81.8 Å². The molecule has 436 valence electrons. The molecule has 4 heterocycles. The SMILES string of the molecule is [C-]#[N+]c1cccc2c1sc1c2ccc2c1c1ccc(Oc3cccc(N4CN(c5c(-c6cc(C(C)(C)C)cc(C(C)(C)C)c6)cc(C(C)(C)C)cc5-c5cc(C(C)(C)C)cc(C(C)(C)C)c5)c5ccccc54)c3)cc1n2-c1cc(C(C)(C)C)ccn1. The van der Waals surface area contributed by atoms with Crippen LogP contribution in [0.1, 0.15) is 158 Å². The first kappa shape index (κ1) is 58.2. The van der Waals surface area contributed by atoms with E-state index in [2.05, 4.69) is 289 Å². The van der Waals surface area contributed by atoms with E-state index in [1.54, 1.807) is 11.3 Å². The molecule has 0 amide bonds. The van der Waals surface area contributed by atoms with E-state index in [1.807, 2.05) is 18.3 Å². The Bertz CT molecular complexity index is 4400. The van der Waals surface area contributed by atoms with Gasteiger partial charge < -0.3 is 14.5 Å². The topological polar surface area (TPSA) is 37.9 Å². The second-order valence-corrected chi connectivity index (χ2v) is 31.2. The number of thiophene rings is 1. The van der Waals surface area contributed by atoms with Crippen molar-refractivity contribution in [2.24, 2.45) is 0 Å². The van der Waals surface area contributed by atoms with Gasteiger partial charge in [0.15, 0.2) is 0 Å². The Morgan fingerprint density at radius 2 is 0.953 bits per heavy atom. The molecule has 0 spiro atoms. The lowest BCUT2D eigenvalue weighted by molar-refractivity contribution is 0.483. The summed E-state index contributed by atoms with van der Waals surface area (Å²) in [7, 11) is 0. The van der Waals surface area contributed by atoms with Crippen LogP contribution in [-0.4, -0.2) is 16.2 Å². The summed E-state index contributed by atoms with van der Waals surface area (Å²) in [5.41, 5.74) is 19.4. The summed E-state index contributed by atoms with van der Waals surface area (Å²) in [5, 5.41) is 4.52. The van der Waals surface area contributed by atoms with E-state index < -0.39 is 0 Å². The van der Waals surface area contributed by atoms with E-state index in [0.29, 0.717) is 12.4 Å². The predicted molar refractivity (Wildman–Crippen MR) is 369 cm³/mol. The number of hydrogen-bond acceptors (Lipinski definition) is 5. The molecule has 1 aliphatic heterocycles. The average molecular weight is 1150 g/mol. The fraction of sp³-hybridized carbons (Fsp3) is 0.316. The number of pyridine rings is 1. The third kappa shape index (κ3) is 10.5. The molecular weight excluding hydrogens is 1070 g/mol. The van der Waals surface area contributed by atoms with Crippen molar-refractivity contribution in [3.63, 3.8) is 0 Å². The minimum atomic E-state index is -0.147. The second-order valence-electron chi connectivity index (χ2n) is 30.2. The molecule has 0 saturated heterocycles.